The van der Waals surface area contributed by atoms with Gasteiger partial charge in [-0.1, -0.05) is 29.8 Å². The molecule has 0 unspecified atom stereocenters. The van der Waals surface area contributed by atoms with Crippen molar-refractivity contribution in [2.24, 2.45) is 0 Å². The average molecular weight is 402 g/mol. The highest BCUT2D eigenvalue weighted by atomic mass is 16.5. The van der Waals surface area contributed by atoms with E-state index in [0.717, 1.165) is 11.3 Å². The molecule has 0 bridgehead atoms. The summed E-state index contributed by atoms with van der Waals surface area (Å²) in [6.07, 6.45) is 1.52. The SMILES string of the molecule is CCOc1ccc(NC2=C(c3ccc(C)cc3)C(=O)N(Cc3ccco3)C2=O)cc1. The van der Waals surface area contributed by atoms with Crippen molar-refractivity contribution in [1.82, 2.24) is 4.90 Å². The average Bonchev–Trinajstić information content (AvgIpc) is 3.34. The van der Waals surface area contributed by atoms with Gasteiger partial charge in [-0.3, -0.25) is 14.5 Å². The quantitative estimate of drug-likeness (QED) is 0.594. The van der Waals surface area contributed by atoms with E-state index in [1.165, 1.54) is 11.2 Å². The number of anilines is 1. The van der Waals surface area contributed by atoms with E-state index in [2.05, 4.69) is 5.32 Å². The standard InChI is InChI=1S/C24H22N2O4/c1-3-29-19-12-10-18(11-13-19)25-22-21(17-8-6-16(2)7-9-17)23(27)26(24(22)28)15-20-5-4-14-30-20/h4-14,25H,3,15H2,1-2H3. The summed E-state index contributed by atoms with van der Waals surface area (Å²) in [5, 5.41) is 3.14. The van der Waals surface area contributed by atoms with Gasteiger partial charge >= 0.3 is 0 Å². The summed E-state index contributed by atoms with van der Waals surface area (Å²) in [4.78, 5) is 27.6. The Morgan fingerprint density at radius 2 is 1.70 bits per heavy atom. The molecule has 0 saturated heterocycles. The summed E-state index contributed by atoms with van der Waals surface area (Å²) in [6.45, 7) is 4.54. The van der Waals surface area contributed by atoms with Crippen LogP contribution in [0.1, 0.15) is 23.8 Å². The molecule has 0 spiro atoms. The Labute approximate surface area is 174 Å². The summed E-state index contributed by atoms with van der Waals surface area (Å²) in [5.74, 6) is 0.542. The van der Waals surface area contributed by atoms with Crippen LogP contribution in [0.5, 0.6) is 5.75 Å². The van der Waals surface area contributed by atoms with Gasteiger partial charge in [0, 0.05) is 5.69 Å². The minimum Gasteiger partial charge on any atom is -0.494 e. The second-order valence-electron chi connectivity index (χ2n) is 6.97. The Balaban J connectivity index is 1.69. The summed E-state index contributed by atoms with van der Waals surface area (Å²) in [7, 11) is 0. The molecule has 2 amide bonds. The Morgan fingerprint density at radius 1 is 0.967 bits per heavy atom. The zero-order chi connectivity index (χ0) is 21.1. The molecule has 0 radical (unpaired) electrons. The largest absolute Gasteiger partial charge is 0.494 e. The van der Waals surface area contributed by atoms with Crippen LogP contribution in [0.15, 0.2) is 77.0 Å². The van der Waals surface area contributed by atoms with E-state index in [-0.39, 0.29) is 24.1 Å². The summed E-state index contributed by atoms with van der Waals surface area (Å²) >= 11 is 0. The second-order valence-corrected chi connectivity index (χ2v) is 6.97. The van der Waals surface area contributed by atoms with Gasteiger partial charge in [-0.15, -0.1) is 0 Å². The third kappa shape index (κ3) is 3.85. The highest BCUT2D eigenvalue weighted by molar-refractivity contribution is 6.36. The van der Waals surface area contributed by atoms with E-state index in [0.29, 0.717) is 29.2 Å². The zero-order valence-corrected chi connectivity index (χ0v) is 16.8. The molecule has 3 aromatic rings. The number of ether oxygens (including phenoxy) is 1. The Kier molecular flexibility index (Phi) is 5.39. The van der Waals surface area contributed by atoms with Crippen LogP contribution in [0.4, 0.5) is 5.69 Å². The smallest absolute Gasteiger partial charge is 0.278 e. The minimum absolute atomic E-state index is 0.0779. The number of amides is 2. The van der Waals surface area contributed by atoms with Crippen LogP contribution in [0.25, 0.3) is 5.57 Å². The monoisotopic (exact) mass is 402 g/mol. The molecule has 0 atom stereocenters. The van der Waals surface area contributed by atoms with Crippen LogP contribution in [-0.2, 0) is 16.1 Å². The van der Waals surface area contributed by atoms with Crippen LogP contribution in [0.3, 0.4) is 0 Å². The number of nitrogens with zero attached hydrogens (tertiary/aromatic N) is 1. The van der Waals surface area contributed by atoms with Gasteiger partial charge in [0.25, 0.3) is 11.8 Å². The molecule has 1 N–H and O–H groups in total. The number of furan rings is 1. The lowest BCUT2D eigenvalue weighted by Crippen LogP contribution is -2.31. The fourth-order valence-corrected chi connectivity index (χ4v) is 3.33. The first-order chi connectivity index (χ1) is 14.6. The van der Waals surface area contributed by atoms with Crippen LogP contribution in [-0.4, -0.2) is 23.3 Å². The topological polar surface area (TPSA) is 71.8 Å². The number of nitrogens with one attached hydrogen (secondary N) is 1. The van der Waals surface area contributed by atoms with Crippen LogP contribution < -0.4 is 10.1 Å². The summed E-state index contributed by atoms with van der Waals surface area (Å²) < 4.78 is 10.8. The van der Waals surface area contributed by atoms with Crippen LogP contribution in [0.2, 0.25) is 0 Å². The molecule has 1 aliphatic rings. The molecule has 1 aromatic heterocycles. The van der Waals surface area contributed by atoms with Gasteiger partial charge in [0.15, 0.2) is 0 Å². The van der Waals surface area contributed by atoms with Crippen molar-refractivity contribution >= 4 is 23.1 Å². The number of benzene rings is 2. The number of aryl methyl sites for hydroxylation is 1. The number of hydrogen-bond acceptors (Lipinski definition) is 5. The van der Waals surface area contributed by atoms with Crippen molar-refractivity contribution in [3.63, 3.8) is 0 Å². The lowest BCUT2D eigenvalue weighted by atomic mass is 10.0. The van der Waals surface area contributed by atoms with Crippen LogP contribution >= 0.6 is 0 Å². The lowest BCUT2D eigenvalue weighted by Gasteiger charge is -2.13. The molecule has 0 fully saturated rings. The minimum atomic E-state index is -0.388. The number of carbonyl (C=O) groups is 2. The third-order valence-electron chi connectivity index (χ3n) is 4.84. The van der Waals surface area contributed by atoms with Crippen molar-refractivity contribution in [3.8, 4) is 5.75 Å². The van der Waals surface area contributed by atoms with Gasteiger partial charge in [0.2, 0.25) is 0 Å². The van der Waals surface area contributed by atoms with E-state index in [9.17, 15) is 9.59 Å². The fourth-order valence-electron chi connectivity index (χ4n) is 3.33. The van der Waals surface area contributed by atoms with Gasteiger partial charge in [-0.25, -0.2) is 0 Å². The van der Waals surface area contributed by atoms with Gasteiger partial charge in [0.05, 0.1) is 25.0 Å². The molecule has 6 heteroatoms. The molecule has 2 heterocycles. The predicted octanol–water partition coefficient (Wildman–Crippen LogP) is 4.38. The number of imide groups is 1. The highest BCUT2D eigenvalue weighted by Crippen LogP contribution is 2.32. The fraction of sp³-hybridized carbons (Fsp3) is 0.167. The predicted molar refractivity (Wildman–Crippen MR) is 114 cm³/mol. The molecule has 0 saturated carbocycles. The van der Waals surface area contributed by atoms with Gasteiger partial charge < -0.3 is 14.5 Å². The molecule has 152 valence electrons. The number of rotatable bonds is 7. The maximum atomic E-state index is 13.2. The molecule has 4 rings (SSSR count). The van der Waals surface area contributed by atoms with E-state index in [1.54, 1.807) is 12.1 Å². The number of carbonyl (C=O) groups excluding carboxylic acids is 2. The lowest BCUT2D eigenvalue weighted by molar-refractivity contribution is -0.137. The summed E-state index contributed by atoms with van der Waals surface area (Å²) in [6, 6.07) is 18.3. The zero-order valence-electron chi connectivity index (χ0n) is 16.8. The Hall–Kier alpha value is -3.80. The van der Waals surface area contributed by atoms with Crippen molar-refractivity contribution in [2.45, 2.75) is 20.4 Å². The maximum absolute atomic E-state index is 13.2. The summed E-state index contributed by atoms with van der Waals surface area (Å²) in [5.41, 5.74) is 3.05. The first kappa shape index (κ1) is 19.5. The second kappa shape index (κ2) is 8.29. The van der Waals surface area contributed by atoms with Crippen molar-refractivity contribution in [1.29, 1.82) is 0 Å². The van der Waals surface area contributed by atoms with Crippen LogP contribution in [0, 0.1) is 6.92 Å². The molecule has 30 heavy (non-hydrogen) atoms. The van der Waals surface area contributed by atoms with Crippen molar-refractivity contribution < 1.29 is 18.7 Å². The maximum Gasteiger partial charge on any atom is 0.278 e. The van der Waals surface area contributed by atoms with E-state index in [1.807, 2.05) is 62.4 Å². The third-order valence-corrected chi connectivity index (χ3v) is 4.84. The van der Waals surface area contributed by atoms with Gasteiger partial charge in [0.1, 0.15) is 17.2 Å². The van der Waals surface area contributed by atoms with Crippen molar-refractivity contribution in [3.05, 3.63) is 89.5 Å². The molecule has 2 aromatic carbocycles. The Morgan fingerprint density at radius 3 is 2.33 bits per heavy atom. The molecule has 0 aliphatic carbocycles. The molecular weight excluding hydrogens is 380 g/mol. The van der Waals surface area contributed by atoms with Gasteiger partial charge in [-0.2, -0.15) is 0 Å². The Bertz CT molecular complexity index is 1080. The molecule has 6 nitrogen and oxygen atoms in total. The highest BCUT2D eigenvalue weighted by Gasteiger charge is 2.39. The number of hydrogen-bond donors (Lipinski definition) is 1. The van der Waals surface area contributed by atoms with E-state index >= 15 is 0 Å². The molecule has 1 aliphatic heterocycles. The molecular formula is C24H22N2O4. The van der Waals surface area contributed by atoms with E-state index in [4.69, 9.17) is 9.15 Å². The van der Waals surface area contributed by atoms with E-state index < -0.39 is 0 Å². The van der Waals surface area contributed by atoms with Crippen molar-refractivity contribution in [2.75, 3.05) is 11.9 Å². The normalized spacial score (nSPS) is 13.9. The van der Waals surface area contributed by atoms with Gasteiger partial charge in [-0.05, 0) is 55.8 Å². The first-order valence-electron chi connectivity index (χ1n) is 9.76. The first-order valence-corrected chi connectivity index (χ1v) is 9.76.